The normalized spacial score (nSPS) is 25.6. The van der Waals surface area contributed by atoms with Gasteiger partial charge in [-0.15, -0.1) is 0 Å². The molecule has 2 saturated heterocycles. The molecule has 7 nitrogen and oxygen atoms in total. The van der Waals surface area contributed by atoms with Crippen LogP contribution in [0.15, 0.2) is 83.3 Å². The van der Waals surface area contributed by atoms with Gasteiger partial charge >= 0.3 is 5.97 Å². The number of halogens is 1. The summed E-state index contributed by atoms with van der Waals surface area (Å²) in [5, 5.41) is 24.3. The smallest absolute Gasteiger partial charge is 0.325 e. The maximum Gasteiger partial charge on any atom is 0.325 e. The molecule has 0 unspecified atom stereocenters. The molecule has 8 heteroatoms. The molecule has 2 heterocycles. The van der Waals surface area contributed by atoms with Crippen molar-refractivity contribution in [2.75, 3.05) is 0 Å². The average Bonchev–Trinajstić information content (AvgIpc) is 3.32. The van der Waals surface area contributed by atoms with E-state index in [1.54, 1.807) is 36.4 Å². The van der Waals surface area contributed by atoms with Gasteiger partial charge in [0.25, 0.3) is 0 Å². The van der Waals surface area contributed by atoms with Gasteiger partial charge in [0.2, 0.25) is 11.8 Å². The summed E-state index contributed by atoms with van der Waals surface area (Å²) in [5.41, 5.74) is 0.132. The van der Waals surface area contributed by atoms with Gasteiger partial charge in [-0.2, -0.15) is 0 Å². The van der Waals surface area contributed by atoms with Crippen molar-refractivity contribution in [3.05, 3.63) is 100 Å². The molecule has 178 valence electrons. The summed E-state index contributed by atoms with van der Waals surface area (Å²) in [6, 6.07) is 22.1. The van der Waals surface area contributed by atoms with E-state index in [0.717, 1.165) is 16.0 Å². The number of likely N-dealkylation sites (tertiary alicyclic amines) is 1. The quantitative estimate of drug-likeness (QED) is 0.416. The lowest BCUT2D eigenvalue weighted by molar-refractivity contribution is -0.151. The third-order valence-electron chi connectivity index (χ3n) is 6.96. The second-order valence-electron chi connectivity index (χ2n) is 9.02. The summed E-state index contributed by atoms with van der Waals surface area (Å²) in [6.45, 7) is 0.0593. The standard InChI is InChI=1S/C27H23BrN2O5/c28-18-11-12-20(31)19(13-18)23-21-22(25(33)30(24(21)32)15-17-9-5-2-6-10-17)27(29-23,26(34)35)14-16-7-3-1-4-8-16/h1-13,21-23,29,31H,14-15H2,(H,34,35)/t21-,22+,23-,27-/m0/s1. The first-order valence-corrected chi connectivity index (χ1v) is 12.0. The molecule has 0 spiro atoms. The fraction of sp³-hybridized carbons (Fsp3) is 0.222. The van der Waals surface area contributed by atoms with Crippen LogP contribution in [-0.2, 0) is 27.3 Å². The van der Waals surface area contributed by atoms with Crippen LogP contribution in [0.4, 0.5) is 0 Å². The number of fused-ring (bicyclic) bond motifs is 1. The number of nitrogens with zero attached hydrogens (tertiary/aromatic N) is 1. The highest BCUT2D eigenvalue weighted by atomic mass is 79.9. The summed E-state index contributed by atoms with van der Waals surface area (Å²) in [6.07, 6.45) is 0.00774. The molecule has 2 amide bonds. The van der Waals surface area contributed by atoms with E-state index in [2.05, 4.69) is 21.2 Å². The first-order chi connectivity index (χ1) is 16.8. The van der Waals surface area contributed by atoms with Crippen LogP contribution in [0, 0.1) is 11.8 Å². The third-order valence-corrected chi connectivity index (χ3v) is 7.45. The van der Waals surface area contributed by atoms with Crippen molar-refractivity contribution >= 4 is 33.7 Å². The molecule has 3 aromatic rings. The van der Waals surface area contributed by atoms with Gasteiger partial charge in [-0.3, -0.25) is 24.6 Å². The summed E-state index contributed by atoms with van der Waals surface area (Å²) in [7, 11) is 0. The molecule has 4 atom stereocenters. The molecular weight excluding hydrogens is 512 g/mol. The van der Waals surface area contributed by atoms with E-state index in [4.69, 9.17) is 0 Å². The number of hydrogen-bond donors (Lipinski definition) is 3. The number of aliphatic carboxylic acids is 1. The number of carbonyl (C=O) groups is 3. The largest absolute Gasteiger partial charge is 0.508 e. The Morgan fingerprint density at radius 3 is 2.20 bits per heavy atom. The van der Waals surface area contributed by atoms with Gasteiger partial charge in [-0.25, -0.2) is 0 Å². The van der Waals surface area contributed by atoms with Crippen LogP contribution in [0.2, 0.25) is 0 Å². The van der Waals surface area contributed by atoms with Crippen molar-refractivity contribution in [3.8, 4) is 5.75 Å². The highest BCUT2D eigenvalue weighted by molar-refractivity contribution is 9.10. The van der Waals surface area contributed by atoms with E-state index in [1.165, 1.54) is 6.07 Å². The number of aromatic hydroxyl groups is 1. The minimum Gasteiger partial charge on any atom is -0.508 e. The predicted octanol–water partition coefficient (Wildman–Crippen LogP) is 3.67. The van der Waals surface area contributed by atoms with Crippen LogP contribution in [0.25, 0.3) is 0 Å². The maximum atomic E-state index is 13.8. The molecule has 0 radical (unpaired) electrons. The summed E-state index contributed by atoms with van der Waals surface area (Å²) in [5.74, 6) is -4.38. The molecule has 5 rings (SSSR count). The van der Waals surface area contributed by atoms with Crippen LogP contribution in [0.5, 0.6) is 5.75 Å². The molecule has 3 N–H and O–H groups in total. The molecule has 35 heavy (non-hydrogen) atoms. The summed E-state index contributed by atoms with van der Waals surface area (Å²) < 4.78 is 0.664. The van der Waals surface area contributed by atoms with Gasteiger partial charge in [0.1, 0.15) is 11.3 Å². The number of amides is 2. The van der Waals surface area contributed by atoms with Crippen molar-refractivity contribution in [2.24, 2.45) is 11.8 Å². The van der Waals surface area contributed by atoms with E-state index >= 15 is 0 Å². The lowest BCUT2D eigenvalue weighted by Gasteiger charge is -2.31. The molecular formula is C27H23BrN2O5. The number of phenolic OH excluding ortho intramolecular Hbond substituents is 1. The second kappa shape index (κ2) is 8.94. The van der Waals surface area contributed by atoms with Crippen LogP contribution < -0.4 is 5.32 Å². The zero-order chi connectivity index (χ0) is 24.7. The number of carboxylic acids is 1. The predicted molar refractivity (Wildman–Crippen MR) is 131 cm³/mol. The van der Waals surface area contributed by atoms with Gasteiger partial charge in [0.15, 0.2) is 0 Å². The van der Waals surface area contributed by atoms with Crippen molar-refractivity contribution in [3.63, 3.8) is 0 Å². The fourth-order valence-electron chi connectivity index (χ4n) is 5.38. The van der Waals surface area contributed by atoms with Crippen LogP contribution in [-0.4, -0.2) is 38.4 Å². The number of carbonyl (C=O) groups excluding carboxylic acids is 2. The minimum atomic E-state index is -1.73. The van der Waals surface area contributed by atoms with E-state index in [-0.39, 0.29) is 18.7 Å². The third kappa shape index (κ3) is 3.92. The zero-order valence-corrected chi connectivity index (χ0v) is 20.2. The molecule has 0 bridgehead atoms. The van der Waals surface area contributed by atoms with Crippen molar-refractivity contribution in [2.45, 2.75) is 24.5 Å². The van der Waals surface area contributed by atoms with Crippen LogP contribution in [0.1, 0.15) is 22.7 Å². The Hall–Kier alpha value is -3.49. The Morgan fingerprint density at radius 2 is 1.57 bits per heavy atom. The first-order valence-electron chi connectivity index (χ1n) is 11.2. The molecule has 2 aliphatic rings. The van der Waals surface area contributed by atoms with Gasteiger partial charge < -0.3 is 10.2 Å². The summed E-state index contributed by atoms with van der Waals surface area (Å²) >= 11 is 3.39. The Balaban J connectivity index is 1.63. The van der Waals surface area contributed by atoms with Gasteiger partial charge in [0, 0.05) is 22.5 Å². The number of nitrogens with one attached hydrogen (secondary N) is 1. The minimum absolute atomic E-state index is 0.00774. The number of hydrogen-bond acceptors (Lipinski definition) is 5. The van der Waals surface area contributed by atoms with Crippen LogP contribution >= 0.6 is 15.9 Å². The van der Waals surface area contributed by atoms with Crippen molar-refractivity contribution < 1.29 is 24.6 Å². The Bertz CT molecular complexity index is 1300. The fourth-order valence-corrected chi connectivity index (χ4v) is 5.76. The number of benzene rings is 3. The highest BCUT2D eigenvalue weighted by Gasteiger charge is 2.68. The SMILES string of the molecule is O=C1[C@@H]2[C@H](c3cc(Br)ccc3O)N[C@](Cc3ccccc3)(C(=O)O)[C@H]2C(=O)N1Cc1ccccc1. The Morgan fingerprint density at radius 1 is 0.943 bits per heavy atom. The van der Waals surface area contributed by atoms with Crippen molar-refractivity contribution in [1.82, 2.24) is 10.2 Å². The Kier molecular flexibility index (Phi) is 5.94. The van der Waals surface area contributed by atoms with Gasteiger partial charge in [0.05, 0.1) is 18.4 Å². The topological polar surface area (TPSA) is 107 Å². The number of carboxylic acid groups (broad SMARTS) is 1. The molecule has 0 aromatic heterocycles. The van der Waals surface area contributed by atoms with E-state index in [0.29, 0.717) is 10.0 Å². The first kappa shape index (κ1) is 23.3. The molecule has 0 aliphatic carbocycles. The Labute approximate surface area is 210 Å². The monoisotopic (exact) mass is 534 g/mol. The highest BCUT2D eigenvalue weighted by Crippen LogP contribution is 2.51. The van der Waals surface area contributed by atoms with Gasteiger partial charge in [-0.1, -0.05) is 76.6 Å². The molecule has 0 saturated carbocycles. The summed E-state index contributed by atoms with van der Waals surface area (Å²) in [4.78, 5) is 41.6. The number of rotatable bonds is 6. The van der Waals surface area contributed by atoms with E-state index in [1.807, 2.05) is 36.4 Å². The average molecular weight is 535 g/mol. The molecule has 2 aliphatic heterocycles. The van der Waals surface area contributed by atoms with Gasteiger partial charge in [-0.05, 0) is 29.3 Å². The second-order valence-corrected chi connectivity index (χ2v) is 9.93. The lowest BCUT2D eigenvalue weighted by Crippen LogP contribution is -2.57. The zero-order valence-electron chi connectivity index (χ0n) is 18.6. The lowest BCUT2D eigenvalue weighted by atomic mass is 9.76. The number of phenols is 1. The van der Waals surface area contributed by atoms with E-state index < -0.39 is 41.2 Å². The van der Waals surface area contributed by atoms with Crippen molar-refractivity contribution in [1.29, 1.82) is 0 Å². The van der Waals surface area contributed by atoms with Crippen LogP contribution in [0.3, 0.4) is 0 Å². The van der Waals surface area contributed by atoms with E-state index in [9.17, 15) is 24.6 Å². The molecule has 3 aromatic carbocycles. The molecule has 2 fully saturated rings. The number of imide groups is 1. The maximum absolute atomic E-state index is 13.8.